The largest absolute Gasteiger partial charge is 0.325 e. The molecule has 0 spiro atoms. The predicted octanol–water partition coefficient (Wildman–Crippen LogP) is 3.05. The van der Waals surface area contributed by atoms with E-state index < -0.39 is 0 Å². The number of hydrogen-bond donors (Lipinski definition) is 2. The molecular weight excluding hydrogens is 328 g/mol. The number of amides is 1. The summed E-state index contributed by atoms with van der Waals surface area (Å²) in [5.74, 6) is -0.144. The zero-order chi connectivity index (χ0) is 14.8. The number of halogens is 1. The number of benzene rings is 1. The first kappa shape index (κ1) is 14.4. The van der Waals surface area contributed by atoms with Crippen LogP contribution in [0.3, 0.4) is 0 Å². The summed E-state index contributed by atoms with van der Waals surface area (Å²) in [7, 11) is 0. The molecule has 0 unspecified atom stereocenters. The van der Waals surface area contributed by atoms with Crippen LogP contribution < -0.4 is 11.1 Å². The Bertz CT molecular complexity index is 798. The molecule has 1 amide bonds. The predicted molar refractivity (Wildman–Crippen MR) is 87.0 cm³/mol. The van der Waals surface area contributed by atoms with Gasteiger partial charge in [-0.2, -0.15) is 0 Å². The number of thiazole rings is 2. The third kappa shape index (κ3) is 3.38. The standard InChI is InChI=1S/C13H11ClN4OS2/c14-7-1-2-9-10(3-7)21-13(17-9)18-11(19)4-8-6-20-12(5-15)16-8/h1-3,6H,4-5,15H2,(H,17,18,19). The fraction of sp³-hybridized carbons (Fsp3) is 0.154. The summed E-state index contributed by atoms with van der Waals surface area (Å²) in [6.07, 6.45) is 0.215. The molecule has 0 aliphatic carbocycles. The summed E-state index contributed by atoms with van der Waals surface area (Å²) in [4.78, 5) is 20.6. The highest BCUT2D eigenvalue weighted by molar-refractivity contribution is 7.22. The second kappa shape index (κ2) is 6.07. The van der Waals surface area contributed by atoms with Crippen LogP contribution in [0.2, 0.25) is 5.02 Å². The van der Waals surface area contributed by atoms with E-state index in [0.717, 1.165) is 20.9 Å². The molecule has 0 atom stereocenters. The Balaban J connectivity index is 1.70. The number of rotatable bonds is 4. The van der Waals surface area contributed by atoms with E-state index in [2.05, 4.69) is 15.3 Å². The molecule has 0 saturated heterocycles. The van der Waals surface area contributed by atoms with E-state index in [9.17, 15) is 4.79 Å². The molecule has 0 fully saturated rings. The first-order valence-electron chi connectivity index (χ1n) is 6.13. The first-order valence-corrected chi connectivity index (χ1v) is 8.21. The maximum atomic E-state index is 12.0. The topological polar surface area (TPSA) is 80.9 Å². The number of nitrogens with one attached hydrogen (secondary N) is 1. The van der Waals surface area contributed by atoms with Crippen LogP contribution >= 0.6 is 34.3 Å². The maximum absolute atomic E-state index is 12.0. The van der Waals surface area contributed by atoms with E-state index >= 15 is 0 Å². The molecule has 3 rings (SSSR count). The average molecular weight is 339 g/mol. The van der Waals surface area contributed by atoms with Crippen molar-refractivity contribution in [3.05, 3.63) is 39.3 Å². The van der Waals surface area contributed by atoms with E-state index in [-0.39, 0.29) is 12.3 Å². The zero-order valence-electron chi connectivity index (χ0n) is 10.8. The van der Waals surface area contributed by atoms with Gasteiger partial charge in [-0.05, 0) is 18.2 Å². The minimum absolute atomic E-state index is 0.144. The average Bonchev–Trinajstić information content (AvgIpc) is 3.04. The lowest BCUT2D eigenvalue weighted by Crippen LogP contribution is -2.14. The van der Waals surface area contributed by atoms with Gasteiger partial charge in [-0.3, -0.25) is 4.79 Å². The molecular formula is C13H11ClN4OS2. The summed E-state index contributed by atoms with van der Waals surface area (Å²) in [6.45, 7) is 0.394. The number of carbonyl (C=O) groups excluding carboxylic acids is 1. The van der Waals surface area contributed by atoms with E-state index in [1.54, 1.807) is 6.07 Å². The lowest BCUT2D eigenvalue weighted by Gasteiger charge is -1.98. The van der Waals surface area contributed by atoms with E-state index in [0.29, 0.717) is 16.7 Å². The molecule has 108 valence electrons. The minimum atomic E-state index is -0.144. The van der Waals surface area contributed by atoms with Crippen LogP contribution in [-0.4, -0.2) is 15.9 Å². The van der Waals surface area contributed by atoms with E-state index in [1.807, 2.05) is 17.5 Å². The summed E-state index contributed by atoms with van der Waals surface area (Å²) in [6, 6.07) is 5.44. The van der Waals surface area contributed by atoms with Gasteiger partial charge in [0, 0.05) is 16.9 Å². The van der Waals surface area contributed by atoms with Crippen LogP contribution in [-0.2, 0) is 17.8 Å². The number of anilines is 1. The van der Waals surface area contributed by atoms with Crippen molar-refractivity contribution in [3.63, 3.8) is 0 Å². The van der Waals surface area contributed by atoms with Crippen LogP contribution in [0.15, 0.2) is 23.6 Å². The van der Waals surface area contributed by atoms with Gasteiger partial charge in [-0.1, -0.05) is 22.9 Å². The van der Waals surface area contributed by atoms with Crippen molar-refractivity contribution in [3.8, 4) is 0 Å². The Morgan fingerprint density at radius 3 is 3.00 bits per heavy atom. The van der Waals surface area contributed by atoms with Crippen molar-refractivity contribution in [1.29, 1.82) is 0 Å². The van der Waals surface area contributed by atoms with Crippen molar-refractivity contribution >= 4 is 55.5 Å². The number of carbonyl (C=O) groups is 1. The van der Waals surface area contributed by atoms with Crippen molar-refractivity contribution in [2.45, 2.75) is 13.0 Å². The van der Waals surface area contributed by atoms with Crippen molar-refractivity contribution < 1.29 is 4.79 Å². The molecule has 0 aliphatic heterocycles. The monoisotopic (exact) mass is 338 g/mol. The third-order valence-electron chi connectivity index (χ3n) is 2.71. The van der Waals surface area contributed by atoms with Crippen LogP contribution in [0.5, 0.6) is 0 Å². The molecule has 21 heavy (non-hydrogen) atoms. The first-order chi connectivity index (χ1) is 10.1. The lowest BCUT2D eigenvalue weighted by molar-refractivity contribution is -0.115. The second-order valence-corrected chi connectivity index (χ2v) is 6.70. The molecule has 0 radical (unpaired) electrons. The highest BCUT2D eigenvalue weighted by atomic mass is 35.5. The Kier molecular flexibility index (Phi) is 4.16. The van der Waals surface area contributed by atoms with Gasteiger partial charge in [0.15, 0.2) is 5.13 Å². The van der Waals surface area contributed by atoms with Crippen molar-refractivity contribution in [2.24, 2.45) is 5.73 Å². The molecule has 3 aromatic rings. The Morgan fingerprint density at radius 2 is 2.24 bits per heavy atom. The fourth-order valence-electron chi connectivity index (χ4n) is 1.80. The fourth-order valence-corrected chi connectivity index (χ4v) is 3.64. The molecule has 2 aromatic heterocycles. The van der Waals surface area contributed by atoms with Crippen LogP contribution in [0.1, 0.15) is 10.7 Å². The van der Waals surface area contributed by atoms with E-state index in [1.165, 1.54) is 22.7 Å². The summed E-state index contributed by atoms with van der Waals surface area (Å²) in [5.41, 5.74) is 7.04. The summed E-state index contributed by atoms with van der Waals surface area (Å²) >= 11 is 8.79. The van der Waals surface area contributed by atoms with Crippen LogP contribution in [0.25, 0.3) is 10.2 Å². The molecule has 0 saturated carbocycles. The zero-order valence-corrected chi connectivity index (χ0v) is 13.2. The van der Waals surface area contributed by atoms with E-state index in [4.69, 9.17) is 17.3 Å². The van der Waals surface area contributed by atoms with Gasteiger partial charge in [-0.25, -0.2) is 9.97 Å². The number of nitrogens with zero attached hydrogens (tertiary/aromatic N) is 2. The minimum Gasteiger partial charge on any atom is -0.325 e. The molecule has 2 heterocycles. The molecule has 0 aliphatic rings. The highest BCUT2D eigenvalue weighted by Crippen LogP contribution is 2.28. The Labute approximate surface area is 133 Å². The number of nitrogens with two attached hydrogens (primary N) is 1. The van der Waals surface area contributed by atoms with Crippen LogP contribution in [0.4, 0.5) is 5.13 Å². The van der Waals surface area contributed by atoms with Crippen molar-refractivity contribution in [2.75, 3.05) is 5.32 Å². The number of fused-ring (bicyclic) bond motifs is 1. The highest BCUT2D eigenvalue weighted by Gasteiger charge is 2.10. The van der Waals surface area contributed by atoms with Gasteiger partial charge < -0.3 is 11.1 Å². The van der Waals surface area contributed by atoms with Gasteiger partial charge in [0.05, 0.1) is 22.3 Å². The molecule has 0 bridgehead atoms. The van der Waals surface area contributed by atoms with Crippen LogP contribution in [0, 0.1) is 0 Å². The molecule has 8 heteroatoms. The Hall–Kier alpha value is -1.54. The van der Waals surface area contributed by atoms with Gasteiger partial charge in [0.1, 0.15) is 5.01 Å². The smallest absolute Gasteiger partial charge is 0.232 e. The quantitative estimate of drug-likeness (QED) is 0.766. The molecule has 5 nitrogen and oxygen atoms in total. The van der Waals surface area contributed by atoms with Gasteiger partial charge in [-0.15, -0.1) is 11.3 Å². The molecule has 3 N–H and O–H groups in total. The van der Waals surface area contributed by atoms with Crippen molar-refractivity contribution in [1.82, 2.24) is 9.97 Å². The SMILES string of the molecule is NCc1nc(CC(=O)Nc2nc3ccc(Cl)cc3s2)cs1. The van der Waals surface area contributed by atoms with Gasteiger partial charge in [0.25, 0.3) is 0 Å². The van der Waals surface area contributed by atoms with Gasteiger partial charge >= 0.3 is 0 Å². The third-order valence-corrected chi connectivity index (χ3v) is 4.80. The summed E-state index contributed by atoms with van der Waals surface area (Å²) in [5, 5.41) is 6.67. The number of hydrogen-bond acceptors (Lipinski definition) is 6. The second-order valence-electron chi connectivity index (χ2n) is 4.29. The van der Waals surface area contributed by atoms with Gasteiger partial charge in [0.2, 0.25) is 5.91 Å². The lowest BCUT2D eigenvalue weighted by atomic mass is 10.3. The maximum Gasteiger partial charge on any atom is 0.232 e. The molecule has 1 aromatic carbocycles. The Morgan fingerprint density at radius 1 is 1.38 bits per heavy atom. The summed E-state index contributed by atoms with van der Waals surface area (Å²) < 4.78 is 0.942. The normalized spacial score (nSPS) is 11.0. The number of aromatic nitrogens is 2.